The van der Waals surface area contributed by atoms with Gasteiger partial charge in [0.15, 0.2) is 23.3 Å². The molecule has 1 fully saturated rings. The molecule has 1 saturated heterocycles. The average Bonchev–Trinajstić information content (AvgIpc) is 2.32. The second kappa shape index (κ2) is 3.97. The van der Waals surface area contributed by atoms with Crippen molar-refractivity contribution in [2.75, 3.05) is 6.61 Å². The highest BCUT2D eigenvalue weighted by Gasteiger charge is 2.35. The molecule has 0 saturated carbocycles. The van der Waals surface area contributed by atoms with Gasteiger partial charge in [-0.2, -0.15) is 0 Å². The zero-order valence-electron chi connectivity index (χ0n) is 8.20. The summed E-state index contributed by atoms with van der Waals surface area (Å²) in [6, 6.07) is 0. The first-order valence-corrected chi connectivity index (χ1v) is 4.60. The number of esters is 1. The maximum Gasteiger partial charge on any atom is 0.312 e. The van der Waals surface area contributed by atoms with Gasteiger partial charge in [-0.1, -0.05) is 0 Å². The van der Waals surface area contributed by atoms with E-state index in [1.165, 1.54) is 0 Å². The molecule has 0 bridgehead atoms. The normalized spacial score (nSPS) is 18.9. The predicted octanol–water partition coefficient (Wildman–Crippen LogP) is 2.10. The lowest BCUT2D eigenvalue weighted by molar-refractivity contribution is -0.168. The summed E-state index contributed by atoms with van der Waals surface area (Å²) in [5.74, 6) is -11.6. The summed E-state index contributed by atoms with van der Waals surface area (Å²) in [7, 11) is 0. The molecule has 17 heavy (non-hydrogen) atoms. The molecule has 1 unspecified atom stereocenters. The number of benzene rings is 1. The third-order valence-electron chi connectivity index (χ3n) is 2.51. The van der Waals surface area contributed by atoms with E-state index >= 15 is 0 Å². The van der Waals surface area contributed by atoms with Crippen molar-refractivity contribution in [1.82, 2.24) is 0 Å². The van der Waals surface area contributed by atoms with Crippen LogP contribution >= 0.6 is 0 Å². The second-order valence-corrected chi connectivity index (χ2v) is 3.58. The first kappa shape index (κ1) is 11.8. The van der Waals surface area contributed by atoms with Gasteiger partial charge in [0.25, 0.3) is 0 Å². The number of carbonyl (C=O) groups excluding carboxylic acids is 1. The van der Waals surface area contributed by atoms with Crippen LogP contribution in [0.1, 0.15) is 5.56 Å². The molecule has 1 heterocycles. The van der Waals surface area contributed by atoms with E-state index in [-0.39, 0.29) is 6.61 Å². The number of hydrogen-bond acceptors (Lipinski definition) is 2. The molecular formula is C10H5F5O2. The molecule has 1 aromatic carbocycles. The summed E-state index contributed by atoms with van der Waals surface area (Å²) in [5.41, 5.74) is -0.983. The molecule has 0 amide bonds. The average molecular weight is 252 g/mol. The van der Waals surface area contributed by atoms with Crippen molar-refractivity contribution in [1.29, 1.82) is 0 Å². The van der Waals surface area contributed by atoms with Gasteiger partial charge in [0, 0.05) is 5.56 Å². The number of halogens is 5. The zero-order chi connectivity index (χ0) is 12.7. The van der Waals surface area contributed by atoms with Crippen molar-refractivity contribution in [2.45, 2.75) is 6.42 Å². The number of rotatable bonds is 2. The number of ether oxygens (including phenoxy) is 1. The first-order chi connectivity index (χ1) is 7.93. The summed E-state index contributed by atoms with van der Waals surface area (Å²) in [6.07, 6.45) is -0.565. The van der Waals surface area contributed by atoms with Gasteiger partial charge in [-0.25, -0.2) is 22.0 Å². The molecule has 0 spiro atoms. The molecule has 0 radical (unpaired) electrons. The van der Waals surface area contributed by atoms with Crippen LogP contribution in [0.4, 0.5) is 22.0 Å². The summed E-state index contributed by atoms with van der Waals surface area (Å²) >= 11 is 0. The van der Waals surface area contributed by atoms with Crippen molar-refractivity contribution >= 4 is 5.97 Å². The van der Waals surface area contributed by atoms with Gasteiger partial charge in [-0.3, -0.25) is 4.79 Å². The maximum absolute atomic E-state index is 13.2. The Morgan fingerprint density at radius 1 is 0.941 bits per heavy atom. The van der Waals surface area contributed by atoms with E-state index in [2.05, 4.69) is 4.74 Å². The summed E-state index contributed by atoms with van der Waals surface area (Å²) in [4.78, 5) is 10.8. The zero-order valence-corrected chi connectivity index (χ0v) is 8.20. The van der Waals surface area contributed by atoms with Crippen molar-refractivity contribution in [2.24, 2.45) is 5.92 Å². The van der Waals surface area contributed by atoms with E-state index in [4.69, 9.17) is 0 Å². The van der Waals surface area contributed by atoms with E-state index in [0.29, 0.717) is 0 Å². The van der Waals surface area contributed by atoms with Crippen LogP contribution in [0.5, 0.6) is 0 Å². The fourth-order valence-electron chi connectivity index (χ4n) is 1.49. The van der Waals surface area contributed by atoms with E-state index in [1.807, 2.05) is 0 Å². The smallest absolute Gasteiger partial charge is 0.312 e. The minimum absolute atomic E-state index is 0.0850. The topological polar surface area (TPSA) is 26.3 Å². The Morgan fingerprint density at radius 2 is 1.41 bits per heavy atom. The van der Waals surface area contributed by atoms with Crippen molar-refractivity contribution in [3.8, 4) is 0 Å². The molecule has 2 rings (SSSR count). The maximum atomic E-state index is 13.2. The SMILES string of the molecule is O=C1OCC1Cc1c(F)c(F)c(F)c(F)c1F. The molecule has 7 heteroatoms. The predicted molar refractivity (Wildman–Crippen MR) is 44.4 cm³/mol. The van der Waals surface area contributed by atoms with Crippen LogP contribution in [-0.4, -0.2) is 12.6 Å². The number of cyclic esters (lactones) is 1. The van der Waals surface area contributed by atoms with Crippen molar-refractivity contribution in [3.05, 3.63) is 34.6 Å². The molecule has 1 atom stereocenters. The fourth-order valence-corrected chi connectivity index (χ4v) is 1.49. The number of carbonyl (C=O) groups is 1. The minimum atomic E-state index is -2.21. The lowest BCUT2D eigenvalue weighted by Crippen LogP contribution is -2.36. The fraction of sp³-hybridized carbons (Fsp3) is 0.300. The van der Waals surface area contributed by atoms with E-state index < -0.39 is 53.0 Å². The van der Waals surface area contributed by atoms with E-state index in [1.54, 1.807) is 0 Å². The van der Waals surface area contributed by atoms with Crippen molar-refractivity contribution < 1.29 is 31.5 Å². The monoisotopic (exact) mass is 252 g/mol. The molecule has 1 aliphatic rings. The highest BCUT2D eigenvalue weighted by atomic mass is 19.2. The molecule has 1 aliphatic heterocycles. The Bertz CT molecular complexity index is 471. The van der Waals surface area contributed by atoms with Gasteiger partial charge in [0.05, 0.1) is 5.92 Å². The lowest BCUT2D eigenvalue weighted by Gasteiger charge is -2.24. The van der Waals surface area contributed by atoms with Crippen LogP contribution in [0.2, 0.25) is 0 Å². The standard InChI is InChI=1S/C10H5F5O2/c11-5-4(1-3-2-17-10(3)16)6(12)8(14)9(15)7(5)13/h3H,1-2H2. The van der Waals surface area contributed by atoms with Crippen LogP contribution in [0.25, 0.3) is 0 Å². The Balaban J connectivity index is 2.42. The van der Waals surface area contributed by atoms with Gasteiger partial charge >= 0.3 is 5.97 Å². The van der Waals surface area contributed by atoms with E-state index in [9.17, 15) is 26.7 Å². The summed E-state index contributed by atoms with van der Waals surface area (Å²) in [5, 5.41) is 0. The van der Waals surface area contributed by atoms with E-state index in [0.717, 1.165) is 0 Å². The molecule has 0 aliphatic carbocycles. The van der Waals surface area contributed by atoms with Crippen LogP contribution in [0, 0.1) is 35.0 Å². The third kappa shape index (κ3) is 1.75. The van der Waals surface area contributed by atoms with Gasteiger partial charge < -0.3 is 4.74 Å². The third-order valence-corrected chi connectivity index (χ3v) is 2.51. The second-order valence-electron chi connectivity index (χ2n) is 3.58. The summed E-state index contributed by atoms with van der Waals surface area (Å²) < 4.78 is 69.0. The molecule has 0 N–H and O–H groups in total. The Kier molecular flexibility index (Phi) is 2.76. The molecule has 0 aromatic heterocycles. The first-order valence-electron chi connectivity index (χ1n) is 4.60. The molecule has 2 nitrogen and oxygen atoms in total. The van der Waals surface area contributed by atoms with Crippen LogP contribution in [0.3, 0.4) is 0 Å². The van der Waals surface area contributed by atoms with Gasteiger partial charge in [0.1, 0.15) is 6.61 Å². The highest BCUT2D eigenvalue weighted by Crippen LogP contribution is 2.27. The summed E-state index contributed by atoms with van der Waals surface area (Å²) in [6.45, 7) is -0.0850. The van der Waals surface area contributed by atoms with Crippen molar-refractivity contribution in [3.63, 3.8) is 0 Å². The van der Waals surface area contributed by atoms with Crippen LogP contribution in [0.15, 0.2) is 0 Å². The van der Waals surface area contributed by atoms with Gasteiger partial charge in [0.2, 0.25) is 5.82 Å². The van der Waals surface area contributed by atoms with Gasteiger partial charge in [-0.15, -0.1) is 0 Å². The number of hydrogen-bond donors (Lipinski definition) is 0. The lowest BCUT2D eigenvalue weighted by atomic mass is 9.96. The quantitative estimate of drug-likeness (QED) is 0.348. The molecule has 1 aromatic rings. The van der Waals surface area contributed by atoms with Crippen LogP contribution in [-0.2, 0) is 16.0 Å². The minimum Gasteiger partial charge on any atom is -0.464 e. The Hall–Kier alpha value is -1.66. The molecule has 92 valence electrons. The van der Waals surface area contributed by atoms with Gasteiger partial charge in [-0.05, 0) is 6.42 Å². The Labute approximate surface area is 92.0 Å². The largest absolute Gasteiger partial charge is 0.464 e. The Morgan fingerprint density at radius 3 is 1.76 bits per heavy atom. The van der Waals surface area contributed by atoms with Crippen LogP contribution < -0.4 is 0 Å². The highest BCUT2D eigenvalue weighted by molar-refractivity contribution is 5.77. The molecular weight excluding hydrogens is 247 g/mol.